The van der Waals surface area contributed by atoms with Gasteiger partial charge in [-0.15, -0.1) is 0 Å². The van der Waals surface area contributed by atoms with Gasteiger partial charge in [-0.3, -0.25) is 0 Å². The first-order valence-corrected chi connectivity index (χ1v) is 8.00. The lowest BCUT2D eigenvalue weighted by Gasteiger charge is -2.47. The minimum Gasteiger partial charge on any atom is -0.351 e. The van der Waals surface area contributed by atoms with Crippen molar-refractivity contribution in [1.29, 1.82) is 0 Å². The maximum atomic E-state index is 4.65. The highest BCUT2D eigenvalue weighted by Crippen LogP contribution is 2.33. The highest BCUT2D eigenvalue weighted by molar-refractivity contribution is 5.78. The predicted octanol–water partition coefficient (Wildman–Crippen LogP) is 3.06. The number of nitrogens with zero attached hydrogens (tertiary/aromatic N) is 3. The zero-order valence-corrected chi connectivity index (χ0v) is 12.5. The van der Waals surface area contributed by atoms with Gasteiger partial charge in [0.1, 0.15) is 0 Å². The smallest absolute Gasteiger partial charge is 0.223 e. The molecule has 1 aromatic heterocycles. The van der Waals surface area contributed by atoms with Gasteiger partial charge in [-0.2, -0.15) is 0 Å². The molecule has 2 unspecified atom stereocenters. The van der Waals surface area contributed by atoms with Gasteiger partial charge < -0.3 is 10.2 Å². The van der Waals surface area contributed by atoms with E-state index in [1.54, 1.807) is 0 Å². The molecule has 4 rings (SSSR count). The van der Waals surface area contributed by atoms with Crippen LogP contribution >= 0.6 is 0 Å². The summed E-state index contributed by atoms with van der Waals surface area (Å²) in [5.74, 6) is 0.779. The van der Waals surface area contributed by atoms with E-state index in [2.05, 4.69) is 33.3 Å². The molecular weight excluding hydrogens is 260 g/mol. The molecule has 2 aliphatic rings. The minimum absolute atomic E-state index is 0.512. The molecule has 0 saturated carbocycles. The van der Waals surface area contributed by atoms with Gasteiger partial charge in [-0.1, -0.05) is 24.6 Å². The molecule has 2 fully saturated rings. The molecular formula is C17H22N4. The van der Waals surface area contributed by atoms with Crippen LogP contribution in [0.5, 0.6) is 0 Å². The molecule has 0 amide bonds. The number of para-hydroxylation sites is 1. The number of piperidine rings is 2. The normalized spacial score (nSPS) is 29.5. The third-order valence-corrected chi connectivity index (χ3v) is 5.16. The molecule has 2 saturated heterocycles. The van der Waals surface area contributed by atoms with Crippen molar-refractivity contribution >= 4 is 16.9 Å². The molecule has 4 nitrogen and oxygen atoms in total. The van der Waals surface area contributed by atoms with Gasteiger partial charge in [0, 0.05) is 29.7 Å². The van der Waals surface area contributed by atoms with E-state index < -0.39 is 0 Å². The second-order valence-electron chi connectivity index (χ2n) is 6.47. The van der Waals surface area contributed by atoms with Gasteiger partial charge in [0.15, 0.2) is 0 Å². The molecule has 0 aliphatic carbocycles. The standard InChI is InChI=1S/C17H22N4/c1-21-14-6-4-7-15(21)10-13(9-14)19-17-18-11-12-5-2-3-8-16(12)20-17/h2-3,5,8,11,13-15H,4,6-7,9-10H2,1H3,(H,18,19,20). The van der Waals surface area contributed by atoms with Gasteiger partial charge in [0.05, 0.1) is 5.52 Å². The quantitative estimate of drug-likeness (QED) is 0.919. The summed E-state index contributed by atoms with van der Waals surface area (Å²) in [6.45, 7) is 0. The number of benzene rings is 1. The van der Waals surface area contributed by atoms with Crippen molar-refractivity contribution in [2.75, 3.05) is 12.4 Å². The number of anilines is 1. The van der Waals surface area contributed by atoms with Crippen molar-refractivity contribution in [2.24, 2.45) is 0 Å². The minimum atomic E-state index is 0.512. The van der Waals surface area contributed by atoms with Gasteiger partial charge in [-0.05, 0) is 38.8 Å². The highest BCUT2D eigenvalue weighted by Gasteiger charge is 2.36. The Bertz CT molecular complexity index is 627. The Kier molecular flexibility index (Phi) is 3.26. The molecule has 1 N–H and O–H groups in total. The monoisotopic (exact) mass is 282 g/mol. The van der Waals surface area contributed by atoms with Gasteiger partial charge in [0.25, 0.3) is 0 Å². The van der Waals surface area contributed by atoms with E-state index in [4.69, 9.17) is 0 Å². The third kappa shape index (κ3) is 2.48. The second-order valence-corrected chi connectivity index (χ2v) is 6.47. The lowest BCUT2D eigenvalue weighted by atomic mass is 9.82. The summed E-state index contributed by atoms with van der Waals surface area (Å²) in [6, 6.07) is 10.1. The van der Waals surface area contributed by atoms with Gasteiger partial charge in [0.2, 0.25) is 5.95 Å². The Morgan fingerprint density at radius 1 is 1.14 bits per heavy atom. The molecule has 110 valence electrons. The predicted molar refractivity (Wildman–Crippen MR) is 85.4 cm³/mol. The topological polar surface area (TPSA) is 41.0 Å². The Labute approximate surface area is 125 Å². The second kappa shape index (κ2) is 5.26. The molecule has 1 aromatic carbocycles. The van der Waals surface area contributed by atoms with Crippen LogP contribution in [-0.2, 0) is 0 Å². The summed E-state index contributed by atoms with van der Waals surface area (Å²) >= 11 is 0. The number of hydrogen-bond donors (Lipinski definition) is 1. The van der Waals surface area contributed by atoms with Crippen molar-refractivity contribution < 1.29 is 0 Å². The summed E-state index contributed by atoms with van der Waals surface area (Å²) in [5, 5.41) is 4.67. The van der Waals surface area contributed by atoms with Crippen LogP contribution in [0.15, 0.2) is 30.5 Å². The maximum absolute atomic E-state index is 4.65. The zero-order valence-electron chi connectivity index (χ0n) is 12.5. The lowest BCUT2D eigenvalue weighted by molar-refractivity contribution is 0.0607. The van der Waals surface area contributed by atoms with Gasteiger partial charge >= 0.3 is 0 Å². The fourth-order valence-electron chi connectivity index (χ4n) is 3.96. The summed E-state index contributed by atoms with van der Waals surface area (Å²) in [5.41, 5.74) is 1.02. The molecule has 2 aliphatic heterocycles. The largest absolute Gasteiger partial charge is 0.351 e. The van der Waals surface area contributed by atoms with Crippen LogP contribution < -0.4 is 5.32 Å². The number of hydrogen-bond acceptors (Lipinski definition) is 4. The SMILES string of the molecule is CN1C2CCCC1CC(Nc1ncc3ccccc3n1)C2. The summed E-state index contributed by atoms with van der Waals surface area (Å²) in [4.78, 5) is 11.7. The molecule has 4 heteroatoms. The number of fused-ring (bicyclic) bond motifs is 3. The van der Waals surface area contributed by atoms with E-state index in [1.165, 1.54) is 32.1 Å². The lowest BCUT2D eigenvalue weighted by Crippen LogP contribution is -2.52. The number of aromatic nitrogens is 2. The Balaban J connectivity index is 1.52. The summed E-state index contributed by atoms with van der Waals surface area (Å²) in [7, 11) is 2.29. The Hall–Kier alpha value is -1.68. The third-order valence-electron chi connectivity index (χ3n) is 5.16. The first kappa shape index (κ1) is 13.0. The van der Waals surface area contributed by atoms with Crippen molar-refractivity contribution in [1.82, 2.24) is 14.9 Å². The van der Waals surface area contributed by atoms with Crippen molar-refractivity contribution in [3.05, 3.63) is 30.5 Å². The van der Waals surface area contributed by atoms with Crippen LogP contribution in [0.2, 0.25) is 0 Å². The highest BCUT2D eigenvalue weighted by atomic mass is 15.2. The van der Waals surface area contributed by atoms with Gasteiger partial charge in [-0.25, -0.2) is 9.97 Å². The van der Waals surface area contributed by atoms with E-state index in [0.717, 1.165) is 28.9 Å². The van der Waals surface area contributed by atoms with E-state index in [9.17, 15) is 0 Å². The van der Waals surface area contributed by atoms with Crippen LogP contribution in [0.25, 0.3) is 10.9 Å². The van der Waals surface area contributed by atoms with Crippen LogP contribution in [0.4, 0.5) is 5.95 Å². The first-order chi connectivity index (χ1) is 10.3. The van der Waals surface area contributed by atoms with E-state index in [0.29, 0.717) is 6.04 Å². The first-order valence-electron chi connectivity index (χ1n) is 8.00. The van der Waals surface area contributed by atoms with E-state index >= 15 is 0 Å². The molecule has 21 heavy (non-hydrogen) atoms. The van der Waals surface area contributed by atoms with Crippen LogP contribution in [-0.4, -0.2) is 40.0 Å². The Morgan fingerprint density at radius 2 is 1.90 bits per heavy atom. The van der Waals surface area contributed by atoms with Crippen molar-refractivity contribution in [3.8, 4) is 0 Å². The Morgan fingerprint density at radius 3 is 2.71 bits per heavy atom. The van der Waals surface area contributed by atoms with Crippen LogP contribution in [0, 0.1) is 0 Å². The molecule has 2 bridgehead atoms. The van der Waals surface area contributed by atoms with Crippen LogP contribution in [0.1, 0.15) is 32.1 Å². The number of nitrogens with one attached hydrogen (secondary N) is 1. The van der Waals surface area contributed by atoms with Crippen molar-refractivity contribution in [3.63, 3.8) is 0 Å². The molecule has 0 spiro atoms. The zero-order chi connectivity index (χ0) is 14.2. The molecule has 3 heterocycles. The maximum Gasteiger partial charge on any atom is 0.223 e. The molecule has 0 radical (unpaired) electrons. The fraction of sp³-hybridized carbons (Fsp3) is 0.529. The van der Waals surface area contributed by atoms with E-state index in [1.807, 2.05) is 24.4 Å². The number of rotatable bonds is 2. The van der Waals surface area contributed by atoms with Crippen molar-refractivity contribution in [2.45, 2.75) is 50.2 Å². The molecule has 2 atom stereocenters. The summed E-state index contributed by atoms with van der Waals surface area (Å²) in [6.07, 6.45) is 8.40. The van der Waals surface area contributed by atoms with E-state index in [-0.39, 0.29) is 0 Å². The molecule has 2 aromatic rings. The summed E-state index contributed by atoms with van der Waals surface area (Å²) < 4.78 is 0. The average Bonchev–Trinajstić information content (AvgIpc) is 2.48. The average molecular weight is 282 g/mol. The van der Waals surface area contributed by atoms with Crippen LogP contribution in [0.3, 0.4) is 0 Å². The fourth-order valence-corrected chi connectivity index (χ4v) is 3.96.